The van der Waals surface area contributed by atoms with Crippen LogP contribution in [0.4, 0.5) is 4.79 Å². The lowest BCUT2D eigenvalue weighted by atomic mass is 10.1. The van der Waals surface area contributed by atoms with Crippen molar-refractivity contribution < 1.29 is 9.53 Å². The molecule has 0 spiro atoms. The maximum absolute atomic E-state index is 12.5. The number of nitrogens with zero attached hydrogens (tertiary/aromatic N) is 6. The zero-order chi connectivity index (χ0) is 20.8. The maximum Gasteiger partial charge on any atom is 0.420 e. The fourth-order valence-electron chi connectivity index (χ4n) is 3.50. The molecule has 0 radical (unpaired) electrons. The van der Waals surface area contributed by atoms with Gasteiger partial charge in [-0.3, -0.25) is 4.68 Å². The Morgan fingerprint density at radius 3 is 2.62 bits per heavy atom. The number of ether oxygens (including phenoxy) is 1. The summed E-state index contributed by atoms with van der Waals surface area (Å²) in [5.41, 5.74) is 1.60. The van der Waals surface area contributed by atoms with Gasteiger partial charge in [0.1, 0.15) is 5.60 Å². The van der Waals surface area contributed by atoms with Gasteiger partial charge in [0.2, 0.25) is 0 Å². The Bertz CT molecular complexity index is 1040. The summed E-state index contributed by atoms with van der Waals surface area (Å²) in [6.45, 7) is 7.69. The number of likely N-dealkylation sites (tertiary alicyclic amines) is 1. The van der Waals surface area contributed by atoms with E-state index in [0.29, 0.717) is 11.7 Å². The van der Waals surface area contributed by atoms with E-state index in [0.717, 1.165) is 46.1 Å². The van der Waals surface area contributed by atoms with Gasteiger partial charge >= 0.3 is 6.09 Å². The lowest BCUT2D eigenvalue weighted by Crippen LogP contribution is -2.31. The van der Waals surface area contributed by atoms with Gasteiger partial charge in [-0.2, -0.15) is 5.10 Å². The Labute approximate surface area is 183 Å². The quantitative estimate of drug-likeness (QED) is 0.488. The molecule has 9 heteroatoms. The highest BCUT2D eigenvalue weighted by Gasteiger charge is 2.23. The van der Waals surface area contributed by atoms with Crippen molar-refractivity contribution >= 4 is 39.7 Å². The molecular formula is C20H25IN6O2. The van der Waals surface area contributed by atoms with Gasteiger partial charge in [0, 0.05) is 26.9 Å². The van der Waals surface area contributed by atoms with Crippen LogP contribution < -0.4 is 0 Å². The average molecular weight is 508 g/mol. The summed E-state index contributed by atoms with van der Waals surface area (Å²) in [6.07, 6.45) is 7.36. The van der Waals surface area contributed by atoms with Crippen LogP contribution in [0, 0.1) is 3.57 Å². The smallest absolute Gasteiger partial charge is 0.420 e. The second-order valence-corrected chi connectivity index (χ2v) is 9.70. The van der Waals surface area contributed by atoms with E-state index in [9.17, 15) is 4.79 Å². The van der Waals surface area contributed by atoms with E-state index in [4.69, 9.17) is 4.74 Å². The molecule has 0 saturated carbocycles. The summed E-state index contributed by atoms with van der Waals surface area (Å²) in [5.74, 6) is 0. The van der Waals surface area contributed by atoms with Crippen LogP contribution in [0.25, 0.3) is 22.3 Å². The molecule has 4 rings (SSSR count). The second-order valence-electron chi connectivity index (χ2n) is 8.54. The normalized spacial score (nSPS) is 16.4. The number of halogens is 1. The van der Waals surface area contributed by atoms with Crippen molar-refractivity contribution in [2.24, 2.45) is 0 Å². The van der Waals surface area contributed by atoms with Crippen LogP contribution in [0.3, 0.4) is 0 Å². The highest BCUT2D eigenvalue weighted by Crippen LogP contribution is 2.28. The minimum atomic E-state index is -0.574. The second kappa shape index (κ2) is 7.67. The van der Waals surface area contributed by atoms with E-state index in [-0.39, 0.29) is 0 Å². The average Bonchev–Trinajstić information content (AvgIpc) is 3.26. The molecule has 29 heavy (non-hydrogen) atoms. The van der Waals surface area contributed by atoms with E-state index in [2.05, 4.69) is 49.8 Å². The number of hydrogen-bond acceptors (Lipinski definition) is 6. The number of fused-ring (bicyclic) bond motifs is 1. The third-order valence-corrected chi connectivity index (χ3v) is 5.91. The van der Waals surface area contributed by atoms with Gasteiger partial charge < -0.3 is 9.64 Å². The molecule has 3 aromatic heterocycles. The number of piperidine rings is 1. The van der Waals surface area contributed by atoms with Gasteiger partial charge in [-0.25, -0.2) is 9.36 Å². The van der Waals surface area contributed by atoms with Crippen molar-refractivity contribution in [2.45, 2.75) is 45.3 Å². The van der Waals surface area contributed by atoms with Crippen LogP contribution in [-0.4, -0.2) is 61.3 Å². The largest absolute Gasteiger partial charge is 0.443 e. The standard InChI is InChI=1S/C20H25IN6O2/c1-20(2,3)29-19(28)26-12-16(21)15-9-17(23-24-18(15)26)13-10-22-27(11-13)14-5-7-25(4)8-6-14/h9-12,14H,5-8H2,1-4H3. The molecule has 1 aliphatic rings. The van der Waals surface area contributed by atoms with Gasteiger partial charge in [0.15, 0.2) is 5.65 Å². The molecule has 0 unspecified atom stereocenters. The van der Waals surface area contributed by atoms with Crippen LogP contribution in [0.1, 0.15) is 39.7 Å². The Balaban J connectivity index is 1.62. The van der Waals surface area contributed by atoms with Crippen LogP contribution >= 0.6 is 22.6 Å². The molecule has 8 nitrogen and oxygen atoms in total. The Morgan fingerprint density at radius 1 is 1.21 bits per heavy atom. The van der Waals surface area contributed by atoms with E-state index < -0.39 is 11.7 Å². The zero-order valence-electron chi connectivity index (χ0n) is 17.1. The summed E-state index contributed by atoms with van der Waals surface area (Å²) in [7, 11) is 2.15. The van der Waals surface area contributed by atoms with E-state index in [1.165, 1.54) is 4.57 Å². The molecule has 1 fully saturated rings. The third-order valence-electron chi connectivity index (χ3n) is 5.05. The van der Waals surface area contributed by atoms with Gasteiger partial charge in [-0.15, -0.1) is 10.2 Å². The van der Waals surface area contributed by atoms with Gasteiger partial charge in [-0.05, 0) is 82.4 Å². The summed E-state index contributed by atoms with van der Waals surface area (Å²) >= 11 is 2.21. The molecule has 4 heterocycles. The summed E-state index contributed by atoms with van der Waals surface area (Å²) in [5, 5.41) is 14.1. The highest BCUT2D eigenvalue weighted by molar-refractivity contribution is 14.1. The van der Waals surface area contributed by atoms with Gasteiger partial charge in [0.05, 0.1) is 17.9 Å². The van der Waals surface area contributed by atoms with Crippen molar-refractivity contribution in [1.29, 1.82) is 0 Å². The number of rotatable bonds is 2. The first-order chi connectivity index (χ1) is 13.7. The van der Waals surface area contributed by atoms with Crippen molar-refractivity contribution in [3.05, 3.63) is 28.2 Å². The predicted molar refractivity (Wildman–Crippen MR) is 119 cm³/mol. The van der Waals surface area contributed by atoms with Crippen LogP contribution in [0.15, 0.2) is 24.7 Å². The molecule has 1 aliphatic heterocycles. The summed E-state index contributed by atoms with van der Waals surface area (Å²) in [6, 6.07) is 2.38. The van der Waals surface area contributed by atoms with Crippen molar-refractivity contribution in [1.82, 2.24) is 29.4 Å². The first kappa shape index (κ1) is 20.3. The molecule has 0 N–H and O–H groups in total. The van der Waals surface area contributed by atoms with Crippen molar-refractivity contribution in [3.63, 3.8) is 0 Å². The van der Waals surface area contributed by atoms with Crippen molar-refractivity contribution in [2.75, 3.05) is 20.1 Å². The minimum absolute atomic E-state index is 0.421. The number of aromatic nitrogens is 5. The number of carbonyl (C=O) groups is 1. The maximum atomic E-state index is 12.5. The first-order valence-corrected chi connectivity index (χ1v) is 10.8. The molecular weight excluding hydrogens is 483 g/mol. The third kappa shape index (κ3) is 4.30. The summed E-state index contributed by atoms with van der Waals surface area (Å²) < 4.78 is 9.86. The van der Waals surface area contributed by atoms with Crippen LogP contribution in [-0.2, 0) is 4.74 Å². The van der Waals surface area contributed by atoms with Gasteiger partial charge in [-0.1, -0.05) is 0 Å². The predicted octanol–water partition coefficient (Wildman–Crippen LogP) is 3.95. The molecule has 0 bridgehead atoms. The zero-order valence-corrected chi connectivity index (χ0v) is 19.3. The topological polar surface area (TPSA) is 78.1 Å². The first-order valence-electron chi connectivity index (χ1n) is 9.72. The molecule has 0 aromatic carbocycles. The van der Waals surface area contributed by atoms with E-state index in [1.54, 1.807) is 6.20 Å². The molecule has 0 aliphatic carbocycles. The summed E-state index contributed by atoms with van der Waals surface area (Å²) in [4.78, 5) is 14.8. The lowest BCUT2D eigenvalue weighted by molar-refractivity contribution is 0.0543. The number of carbonyl (C=O) groups excluding carboxylic acids is 1. The Hall–Kier alpha value is -2.01. The molecule has 154 valence electrons. The van der Waals surface area contributed by atoms with Gasteiger partial charge in [0.25, 0.3) is 0 Å². The number of hydrogen-bond donors (Lipinski definition) is 0. The fraction of sp³-hybridized carbons (Fsp3) is 0.500. The lowest BCUT2D eigenvalue weighted by Gasteiger charge is -2.28. The minimum Gasteiger partial charge on any atom is -0.443 e. The monoisotopic (exact) mass is 508 g/mol. The molecule has 0 amide bonds. The van der Waals surface area contributed by atoms with Crippen LogP contribution in [0.5, 0.6) is 0 Å². The highest BCUT2D eigenvalue weighted by atomic mass is 127. The van der Waals surface area contributed by atoms with Crippen LogP contribution in [0.2, 0.25) is 0 Å². The Kier molecular flexibility index (Phi) is 5.36. The van der Waals surface area contributed by atoms with E-state index in [1.807, 2.05) is 43.9 Å². The Morgan fingerprint density at radius 2 is 1.93 bits per heavy atom. The molecule has 1 saturated heterocycles. The fourth-order valence-corrected chi connectivity index (χ4v) is 4.18. The van der Waals surface area contributed by atoms with E-state index >= 15 is 0 Å². The molecule has 3 aromatic rings. The SMILES string of the molecule is CN1CCC(n2cc(-c3cc4c(I)cn(C(=O)OC(C)(C)C)c4nn3)cn2)CC1. The molecule has 0 atom stereocenters. The van der Waals surface area contributed by atoms with Crippen molar-refractivity contribution in [3.8, 4) is 11.3 Å².